The largest absolute Gasteiger partial charge is 0.496 e. The van der Waals surface area contributed by atoms with Crippen LogP contribution in [0.5, 0.6) is 5.75 Å². The van der Waals surface area contributed by atoms with Gasteiger partial charge >= 0.3 is 0 Å². The Balaban J connectivity index is 1.98. The first-order chi connectivity index (χ1) is 11.4. The Morgan fingerprint density at radius 1 is 1.38 bits per heavy atom. The Hall–Kier alpha value is -1.86. The molecule has 126 valence electrons. The molecule has 0 saturated heterocycles. The second-order valence-electron chi connectivity index (χ2n) is 5.47. The molecular formula is C17H17FN2O2S2. The van der Waals surface area contributed by atoms with Gasteiger partial charge in [0.25, 0.3) is 5.56 Å². The van der Waals surface area contributed by atoms with E-state index < -0.39 is 0 Å². The van der Waals surface area contributed by atoms with Gasteiger partial charge in [-0.3, -0.25) is 9.36 Å². The van der Waals surface area contributed by atoms with E-state index in [1.165, 1.54) is 35.2 Å². The van der Waals surface area contributed by atoms with Gasteiger partial charge in [0.2, 0.25) is 0 Å². The molecule has 2 aromatic heterocycles. The third kappa shape index (κ3) is 2.93. The Morgan fingerprint density at radius 3 is 2.83 bits per heavy atom. The van der Waals surface area contributed by atoms with Gasteiger partial charge in [0.05, 0.1) is 12.5 Å². The number of halogens is 1. The van der Waals surface area contributed by atoms with Crippen LogP contribution in [-0.2, 0) is 12.8 Å². The monoisotopic (exact) mass is 364 g/mol. The van der Waals surface area contributed by atoms with Gasteiger partial charge in [0.15, 0.2) is 5.16 Å². The average molecular weight is 364 g/mol. The zero-order chi connectivity index (χ0) is 17.4. The highest BCUT2D eigenvalue weighted by Crippen LogP contribution is 2.30. The Morgan fingerprint density at radius 2 is 2.12 bits per heavy atom. The number of rotatable bonds is 4. The van der Waals surface area contributed by atoms with Gasteiger partial charge in [0.1, 0.15) is 16.4 Å². The standard InChI is InChI=1S/C17H17FN2O2S2/c1-9-10(2)24-15-14(9)16(21)20(3)17(19-15)23-8-11-7-12(18)5-6-13(11)22-4/h5-7H,8H2,1-4H3. The van der Waals surface area contributed by atoms with E-state index >= 15 is 0 Å². The predicted molar refractivity (Wildman–Crippen MR) is 96.8 cm³/mol. The lowest BCUT2D eigenvalue weighted by Gasteiger charge is -2.10. The third-order valence-corrected chi connectivity index (χ3v) is 6.15. The number of methoxy groups -OCH3 is 1. The summed E-state index contributed by atoms with van der Waals surface area (Å²) in [4.78, 5) is 19.1. The summed E-state index contributed by atoms with van der Waals surface area (Å²) in [6.45, 7) is 3.94. The summed E-state index contributed by atoms with van der Waals surface area (Å²) < 4.78 is 20.3. The van der Waals surface area contributed by atoms with Crippen molar-refractivity contribution in [3.8, 4) is 5.75 Å². The number of thiophene rings is 1. The first-order valence-corrected chi connectivity index (χ1v) is 9.14. The molecular weight excluding hydrogens is 347 g/mol. The van der Waals surface area contributed by atoms with Crippen LogP contribution in [0.25, 0.3) is 10.2 Å². The highest BCUT2D eigenvalue weighted by Gasteiger charge is 2.15. The van der Waals surface area contributed by atoms with Crippen molar-refractivity contribution in [3.63, 3.8) is 0 Å². The fourth-order valence-corrected chi connectivity index (χ4v) is 4.51. The van der Waals surface area contributed by atoms with Crippen LogP contribution < -0.4 is 10.3 Å². The molecule has 24 heavy (non-hydrogen) atoms. The van der Waals surface area contributed by atoms with Crippen molar-refractivity contribution < 1.29 is 9.13 Å². The van der Waals surface area contributed by atoms with Crippen molar-refractivity contribution in [1.82, 2.24) is 9.55 Å². The van der Waals surface area contributed by atoms with E-state index in [1.54, 1.807) is 24.8 Å². The number of benzene rings is 1. The van der Waals surface area contributed by atoms with Crippen LogP contribution in [0.15, 0.2) is 28.2 Å². The molecule has 7 heteroatoms. The van der Waals surface area contributed by atoms with Crippen molar-refractivity contribution in [2.45, 2.75) is 24.8 Å². The molecule has 3 aromatic rings. The quantitative estimate of drug-likeness (QED) is 0.517. The predicted octanol–water partition coefficient (Wildman–Crippen LogP) is 4.05. The summed E-state index contributed by atoms with van der Waals surface area (Å²) in [6.07, 6.45) is 0. The SMILES string of the molecule is COc1ccc(F)cc1CSc1nc2sc(C)c(C)c2c(=O)n1C. The molecule has 0 bridgehead atoms. The number of ether oxygens (including phenoxy) is 1. The zero-order valence-electron chi connectivity index (χ0n) is 13.8. The lowest BCUT2D eigenvalue weighted by molar-refractivity contribution is 0.410. The second-order valence-corrected chi connectivity index (χ2v) is 7.61. The van der Waals surface area contributed by atoms with E-state index in [2.05, 4.69) is 4.98 Å². The van der Waals surface area contributed by atoms with Gasteiger partial charge in [-0.15, -0.1) is 11.3 Å². The number of hydrogen-bond acceptors (Lipinski definition) is 5. The van der Waals surface area contributed by atoms with Crippen molar-refractivity contribution >= 4 is 33.3 Å². The van der Waals surface area contributed by atoms with Crippen LogP contribution in [0, 0.1) is 19.7 Å². The molecule has 0 fully saturated rings. The average Bonchev–Trinajstić information content (AvgIpc) is 2.84. The van der Waals surface area contributed by atoms with E-state index in [0.29, 0.717) is 22.0 Å². The van der Waals surface area contributed by atoms with Crippen LogP contribution in [0.3, 0.4) is 0 Å². The van der Waals surface area contributed by atoms with Gasteiger partial charge in [-0.1, -0.05) is 11.8 Å². The normalized spacial score (nSPS) is 11.2. The molecule has 0 radical (unpaired) electrons. The van der Waals surface area contributed by atoms with E-state index in [4.69, 9.17) is 4.74 Å². The summed E-state index contributed by atoms with van der Waals surface area (Å²) in [5.74, 6) is 0.779. The number of fused-ring (bicyclic) bond motifs is 1. The van der Waals surface area contributed by atoms with Crippen molar-refractivity contribution in [1.29, 1.82) is 0 Å². The summed E-state index contributed by atoms with van der Waals surface area (Å²) >= 11 is 2.92. The van der Waals surface area contributed by atoms with Crippen LogP contribution in [0.2, 0.25) is 0 Å². The highest BCUT2D eigenvalue weighted by atomic mass is 32.2. The van der Waals surface area contributed by atoms with Crippen LogP contribution in [0.1, 0.15) is 16.0 Å². The first-order valence-electron chi connectivity index (χ1n) is 7.34. The fraction of sp³-hybridized carbons (Fsp3) is 0.294. The summed E-state index contributed by atoms with van der Waals surface area (Å²) in [5, 5.41) is 1.30. The zero-order valence-corrected chi connectivity index (χ0v) is 15.5. The number of nitrogens with zero attached hydrogens (tertiary/aromatic N) is 2. The van der Waals surface area contributed by atoms with Crippen LogP contribution >= 0.6 is 23.1 Å². The Bertz CT molecular complexity index is 979. The Kier molecular flexibility index (Phi) is 4.64. The first kappa shape index (κ1) is 17.0. The van der Waals surface area contributed by atoms with Crippen LogP contribution in [-0.4, -0.2) is 16.7 Å². The molecule has 2 heterocycles. The molecule has 0 aliphatic rings. The molecule has 0 unspecified atom stereocenters. The lowest BCUT2D eigenvalue weighted by atomic mass is 10.2. The van der Waals surface area contributed by atoms with E-state index in [9.17, 15) is 9.18 Å². The minimum atomic E-state index is -0.312. The lowest BCUT2D eigenvalue weighted by Crippen LogP contribution is -2.19. The van der Waals surface area contributed by atoms with Crippen molar-refractivity contribution in [2.75, 3.05) is 7.11 Å². The van der Waals surface area contributed by atoms with Gasteiger partial charge in [0, 0.05) is 23.2 Å². The maximum absolute atomic E-state index is 13.5. The van der Waals surface area contributed by atoms with E-state index in [0.717, 1.165) is 20.8 Å². The molecule has 1 aromatic carbocycles. The van der Waals surface area contributed by atoms with E-state index in [-0.39, 0.29) is 11.4 Å². The van der Waals surface area contributed by atoms with Gasteiger partial charge in [-0.05, 0) is 37.6 Å². The molecule has 0 N–H and O–H groups in total. The summed E-state index contributed by atoms with van der Waals surface area (Å²) in [7, 11) is 3.27. The number of aryl methyl sites for hydroxylation is 2. The molecule has 0 aliphatic carbocycles. The van der Waals surface area contributed by atoms with Crippen molar-refractivity contribution in [3.05, 3.63) is 50.4 Å². The number of hydrogen-bond donors (Lipinski definition) is 0. The smallest absolute Gasteiger partial charge is 0.262 e. The van der Waals surface area contributed by atoms with Crippen LogP contribution in [0.4, 0.5) is 4.39 Å². The van der Waals surface area contributed by atoms with E-state index in [1.807, 2.05) is 13.8 Å². The summed E-state index contributed by atoms with van der Waals surface area (Å²) in [6, 6.07) is 4.42. The number of thioether (sulfide) groups is 1. The van der Waals surface area contributed by atoms with Gasteiger partial charge < -0.3 is 4.74 Å². The second kappa shape index (κ2) is 6.57. The minimum absolute atomic E-state index is 0.0458. The number of aromatic nitrogens is 2. The molecule has 4 nitrogen and oxygen atoms in total. The minimum Gasteiger partial charge on any atom is -0.496 e. The maximum Gasteiger partial charge on any atom is 0.262 e. The fourth-order valence-electron chi connectivity index (χ4n) is 2.49. The molecule has 0 spiro atoms. The maximum atomic E-state index is 13.5. The summed E-state index contributed by atoms with van der Waals surface area (Å²) in [5.41, 5.74) is 1.68. The molecule has 0 atom stereocenters. The third-order valence-electron chi connectivity index (χ3n) is 3.97. The van der Waals surface area contributed by atoms with Gasteiger partial charge in [-0.25, -0.2) is 9.37 Å². The highest BCUT2D eigenvalue weighted by molar-refractivity contribution is 7.98. The molecule has 0 aliphatic heterocycles. The topological polar surface area (TPSA) is 44.1 Å². The van der Waals surface area contributed by atoms with Crippen molar-refractivity contribution in [2.24, 2.45) is 7.05 Å². The Labute approximate surface area is 147 Å². The molecule has 3 rings (SSSR count). The van der Waals surface area contributed by atoms with Gasteiger partial charge in [-0.2, -0.15) is 0 Å². The molecule has 0 saturated carbocycles. The molecule has 0 amide bonds.